The van der Waals surface area contributed by atoms with Crippen LogP contribution in [-0.2, 0) is 0 Å². The standard InChI is InChI=1S/C18H13N3O2/c19-16-15(10-2-1-3-12(22)8-10)14-5-4-11-9-20-7-6-13(11)17(14)21-18(16)23/h1-9,22H,19H2,(H,21,23). The first-order valence-electron chi connectivity index (χ1n) is 7.13. The Hall–Kier alpha value is -3.34. The van der Waals surface area contributed by atoms with Crippen molar-refractivity contribution in [1.82, 2.24) is 9.97 Å². The van der Waals surface area contributed by atoms with E-state index in [1.54, 1.807) is 30.6 Å². The number of hydrogen-bond donors (Lipinski definition) is 3. The van der Waals surface area contributed by atoms with Gasteiger partial charge in [-0.3, -0.25) is 9.78 Å². The molecule has 0 aliphatic carbocycles. The first-order valence-corrected chi connectivity index (χ1v) is 7.13. The van der Waals surface area contributed by atoms with Crippen LogP contribution in [-0.4, -0.2) is 15.1 Å². The molecule has 5 heteroatoms. The molecule has 5 nitrogen and oxygen atoms in total. The molecule has 0 amide bonds. The van der Waals surface area contributed by atoms with Gasteiger partial charge >= 0.3 is 0 Å². The van der Waals surface area contributed by atoms with Crippen molar-refractivity contribution in [3.63, 3.8) is 0 Å². The average Bonchev–Trinajstić information content (AvgIpc) is 2.56. The molecule has 2 aromatic carbocycles. The van der Waals surface area contributed by atoms with Gasteiger partial charge in [-0.2, -0.15) is 0 Å². The molecule has 2 aromatic heterocycles. The van der Waals surface area contributed by atoms with Gasteiger partial charge in [-0.15, -0.1) is 0 Å². The molecule has 2 heterocycles. The molecule has 112 valence electrons. The van der Waals surface area contributed by atoms with Crippen molar-refractivity contribution < 1.29 is 5.11 Å². The van der Waals surface area contributed by atoms with Crippen LogP contribution in [0.15, 0.2) is 59.7 Å². The molecule has 0 saturated carbocycles. The Morgan fingerprint density at radius 3 is 2.78 bits per heavy atom. The van der Waals surface area contributed by atoms with Gasteiger partial charge in [-0.05, 0) is 23.8 Å². The number of nitrogens with zero attached hydrogens (tertiary/aromatic N) is 1. The number of aromatic hydroxyl groups is 1. The lowest BCUT2D eigenvalue weighted by atomic mass is 9.97. The molecule has 4 N–H and O–H groups in total. The van der Waals surface area contributed by atoms with Crippen LogP contribution in [0.4, 0.5) is 5.69 Å². The number of hydrogen-bond acceptors (Lipinski definition) is 4. The number of H-pyrrole nitrogens is 1. The minimum atomic E-state index is -0.347. The van der Waals surface area contributed by atoms with Crippen LogP contribution in [0.1, 0.15) is 0 Å². The molecule has 0 saturated heterocycles. The van der Waals surface area contributed by atoms with E-state index in [2.05, 4.69) is 9.97 Å². The van der Waals surface area contributed by atoms with Gasteiger partial charge < -0.3 is 15.8 Å². The Morgan fingerprint density at radius 2 is 1.96 bits per heavy atom. The van der Waals surface area contributed by atoms with E-state index in [0.717, 1.165) is 16.2 Å². The van der Waals surface area contributed by atoms with Crippen LogP contribution in [0.25, 0.3) is 32.8 Å². The molecule has 0 aliphatic heterocycles. The number of rotatable bonds is 1. The van der Waals surface area contributed by atoms with Gasteiger partial charge in [0.25, 0.3) is 5.56 Å². The fourth-order valence-corrected chi connectivity index (χ4v) is 2.92. The molecule has 0 bridgehead atoms. The van der Waals surface area contributed by atoms with Gasteiger partial charge in [0, 0.05) is 34.1 Å². The van der Waals surface area contributed by atoms with Gasteiger partial charge in [-0.25, -0.2) is 0 Å². The fraction of sp³-hybridized carbons (Fsp3) is 0. The first-order chi connectivity index (χ1) is 11.1. The average molecular weight is 303 g/mol. The molecule has 0 radical (unpaired) electrons. The minimum Gasteiger partial charge on any atom is -0.508 e. The zero-order valence-corrected chi connectivity index (χ0v) is 12.1. The summed E-state index contributed by atoms with van der Waals surface area (Å²) in [6.07, 6.45) is 3.43. The Labute approximate surface area is 131 Å². The van der Waals surface area contributed by atoms with E-state index in [1.807, 2.05) is 24.3 Å². The van der Waals surface area contributed by atoms with Gasteiger partial charge in [0.05, 0.1) is 5.52 Å². The fourth-order valence-electron chi connectivity index (χ4n) is 2.92. The summed E-state index contributed by atoms with van der Waals surface area (Å²) in [6.45, 7) is 0. The van der Waals surface area contributed by atoms with Crippen LogP contribution in [0, 0.1) is 0 Å². The molecule has 0 spiro atoms. The summed E-state index contributed by atoms with van der Waals surface area (Å²) < 4.78 is 0. The third-order valence-electron chi connectivity index (χ3n) is 3.98. The van der Waals surface area contributed by atoms with Crippen LogP contribution in [0.2, 0.25) is 0 Å². The number of nitrogens with one attached hydrogen (secondary N) is 1. The lowest BCUT2D eigenvalue weighted by molar-refractivity contribution is 0.475. The third kappa shape index (κ3) is 2.02. The molecule has 0 fully saturated rings. The van der Waals surface area contributed by atoms with Gasteiger partial charge in [0.2, 0.25) is 0 Å². The number of phenolic OH excluding ortho intramolecular Hbond substituents is 1. The van der Waals surface area contributed by atoms with Crippen LogP contribution in [0.5, 0.6) is 5.75 Å². The highest BCUT2D eigenvalue weighted by Gasteiger charge is 2.14. The monoisotopic (exact) mass is 303 g/mol. The van der Waals surface area contributed by atoms with Crippen LogP contribution < -0.4 is 11.3 Å². The van der Waals surface area contributed by atoms with Crippen LogP contribution in [0.3, 0.4) is 0 Å². The van der Waals surface area contributed by atoms with E-state index < -0.39 is 0 Å². The molecule has 4 rings (SSSR count). The molecule has 4 aromatic rings. The highest BCUT2D eigenvalue weighted by Crippen LogP contribution is 2.35. The summed E-state index contributed by atoms with van der Waals surface area (Å²) in [4.78, 5) is 19.3. The lowest BCUT2D eigenvalue weighted by Crippen LogP contribution is -2.13. The van der Waals surface area contributed by atoms with E-state index in [9.17, 15) is 9.90 Å². The number of aromatic nitrogens is 2. The topological polar surface area (TPSA) is 92.0 Å². The Bertz CT molecular complexity index is 1120. The van der Waals surface area contributed by atoms with E-state index in [1.165, 1.54) is 0 Å². The summed E-state index contributed by atoms with van der Waals surface area (Å²) in [5, 5.41) is 12.4. The van der Waals surface area contributed by atoms with Crippen molar-refractivity contribution in [1.29, 1.82) is 0 Å². The number of anilines is 1. The second-order valence-electron chi connectivity index (χ2n) is 5.38. The third-order valence-corrected chi connectivity index (χ3v) is 3.98. The zero-order valence-electron chi connectivity index (χ0n) is 12.1. The Balaban J connectivity index is 2.21. The number of nitrogen functional groups attached to an aromatic ring is 1. The number of fused-ring (bicyclic) bond motifs is 3. The van der Waals surface area contributed by atoms with Crippen molar-refractivity contribution in [2.24, 2.45) is 0 Å². The highest BCUT2D eigenvalue weighted by molar-refractivity contribution is 6.11. The van der Waals surface area contributed by atoms with Crippen LogP contribution >= 0.6 is 0 Å². The van der Waals surface area contributed by atoms with E-state index in [-0.39, 0.29) is 17.0 Å². The molecule has 23 heavy (non-hydrogen) atoms. The van der Waals surface area contributed by atoms with E-state index in [4.69, 9.17) is 5.73 Å². The van der Waals surface area contributed by atoms with E-state index >= 15 is 0 Å². The highest BCUT2D eigenvalue weighted by atomic mass is 16.3. The van der Waals surface area contributed by atoms with E-state index in [0.29, 0.717) is 16.6 Å². The second kappa shape index (κ2) is 4.84. The Morgan fingerprint density at radius 1 is 1.09 bits per heavy atom. The summed E-state index contributed by atoms with van der Waals surface area (Å²) in [6, 6.07) is 12.4. The predicted molar refractivity (Wildman–Crippen MR) is 91.4 cm³/mol. The van der Waals surface area contributed by atoms with Crippen molar-refractivity contribution in [3.8, 4) is 16.9 Å². The molecule has 0 aliphatic rings. The lowest BCUT2D eigenvalue weighted by Gasteiger charge is -2.12. The normalized spacial score (nSPS) is 11.1. The maximum atomic E-state index is 12.3. The number of aromatic amines is 1. The molecular formula is C18H13N3O2. The van der Waals surface area contributed by atoms with Gasteiger partial charge in [0.15, 0.2) is 0 Å². The number of nitrogens with two attached hydrogens (primary N) is 1. The summed E-state index contributed by atoms with van der Waals surface area (Å²) in [5.41, 5.74) is 7.86. The van der Waals surface area contributed by atoms with Crippen molar-refractivity contribution in [3.05, 3.63) is 65.2 Å². The van der Waals surface area contributed by atoms with Crippen molar-refractivity contribution in [2.45, 2.75) is 0 Å². The van der Waals surface area contributed by atoms with Gasteiger partial charge in [-0.1, -0.05) is 24.3 Å². The Kier molecular flexibility index (Phi) is 2.81. The summed E-state index contributed by atoms with van der Waals surface area (Å²) >= 11 is 0. The summed E-state index contributed by atoms with van der Waals surface area (Å²) in [7, 11) is 0. The minimum absolute atomic E-state index is 0.125. The number of benzene rings is 2. The predicted octanol–water partition coefficient (Wildman–Crippen LogP) is 3.03. The maximum Gasteiger partial charge on any atom is 0.272 e. The number of phenols is 1. The number of pyridine rings is 2. The zero-order chi connectivity index (χ0) is 16.0. The smallest absolute Gasteiger partial charge is 0.272 e. The molecule has 0 unspecified atom stereocenters. The second-order valence-corrected chi connectivity index (χ2v) is 5.38. The maximum absolute atomic E-state index is 12.3. The first kappa shape index (κ1) is 13.3. The van der Waals surface area contributed by atoms with Crippen molar-refractivity contribution in [2.75, 3.05) is 5.73 Å². The van der Waals surface area contributed by atoms with Gasteiger partial charge in [0.1, 0.15) is 11.4 Å². The SMILES string of the molecule is Nc1c(-c2cccc(O)c2)c2ccc3cnccc3c2[nH]c1=O. The quantitative estimate of drug-likeness (QED) is 0.471. The molecule has 0 atom stereocenters. The largest absolute Gasteiger partial charge is 0.508 e. The molecular weight excluding hydrogens is 290 g/mol. The van der Waals surface area contributed by atoms with Crippen molar-refractivity contribution >= 4 is 27.4 Å². The summed E-state index contributed by atoms with van der Waals surface area (Å²) in [5.74, 6) is 0.125.